The van der Waals surface area contributed by atoms with Crippen LogP contribution in [0.1, 0.15) is 21.5 Å². The largest absolute Gasteiger partial charge is 0.489 e. The van der Waals surface area contributed by atoms with E-state index in [4.69, 9.17) is 32.7 Å². The number of nitrogens with zero attached hydrogens (tertiary/aromatic N) is 1. The van der Waals surface area contributed by atoms with Crippen LogP contribution in [0.15, 0.2) is 66.4 Å². The molecule has 6 nitrogen and oxygen atoms in total. The van der Waals surface area contributed by atoms with Crippen molar-refractivity contribution in [3.8, 4) is 11.5 Å². The molecule has 0 unspecified atom stereocenters. The normalized spacial score (nSPS) is 13.8. The van der Waals surface area contributed by atoms with E-state index in [0.29, 0.717) is 32.7 Å². The Balaban J connectivity index is 1.50. The fraction of sp³-hybridized carbons (Fsp3) is 0.0455. The highest BCUT2D eigenvalue weighted by Crippen LogP contribution is 2.36. The Bertz CT molecular complexity index is 1190. The van der Waals surface area contributed by atoms with Crippen molar-refractivity contribution in [2.75, 3.05) is 0 Å². The van der Waals surface area contributed by atoms with Gasteiger partial charge in [0.25, 0.3) is 5.69 Å². The third-order valence-corrected chi connectivity index (χ3v) is 5.30. The first-order chi connectivity index (χ1) is 14.4. The molecule has 0 saturated heterocycles. The fourth-order valence-electron chi connectivity index (χ4n) is 2.91. The maximum absolute atomic E-state index is 12.6. The molecule has 4 rings (SSSR count). The number of halogens is 2. The summed E-state index contributed by atoms with van der Waals surface area (Å²) in [5.41, 5.74) is 1.79. The molecule has 0 saturated carbocycles. The van der Waals surface area contributed by atoms with Crippen LogP contribution in [0.2, 0.25) is 10.0 Å². The first-order valence-corrected chi connectivity index (χ1v) is 9.56. The predicted octanol–water partition coefficient (Wildman–Crippen LogP) is 6.10. The first kappa shape index (κ1) is 19.9. The molecule has 0 bridgehead atoms. The number of allylic oxidation sites excluding steroid dienone is 1. The van der Waals surface area contributed by atoms with Crippen LogP contribution >= 0.6 is 23.2 Å². The van der Waals surface area contributed by atoms with Crippen LogP contribution in [-0.4, -0.2) is 10.7 Å². The van der Waals surface area contributed by atoms with Gasteiger partial charge in [0.2, 0.25) is 5.78 Å². The van der Waals surface area contributed by atoms with Crippen molar-refractivity contribution in [2.24, 2.45) is 0 Å². The molecule has 1 heterocycles. The fourth-order valence-corrected chi connectivity index (χ4v) is 3.27. The SMILES string of the molecule is O=C1C(=Cc2cccc(Cl)c2Cl)Oc2cc(OCc3ccc([N+](=O)[O-])cc3)ccc21. The first-order valence-electron chi connectivity index (χ1n) is 8.81. The molecule has 30 heavy (non-hydrogen) atoms. The van der Waals surface area contributed by atoms with Crippen molar-refractivity contribution in [3.05, 3.63) is 103 Å². The molecule has 0 aromatic heterocycles. The Morgan fingerprint density at radius 3 is 2.57 bits per heavy atom. The lowest BCUT2D eigenvalue weighted by Crippen LogP contribution is -1.98. The Morgan fingerprint density at radius 2 is 1.83 bits per heavy atom. The minimum absolute atomic E-state index is 0.0160. The Labute approximate surface area is 181 Å². The van der Waals surface area contributed by atoms with Gasteiger partial charge in [0.15, 0.2) is 5.76 Å². The van der Waals surface area contributed by atoms with Crippen molar-refractivity contribution >= 4 is 40.7 Å². The zero-order chi connectivity index (χ0) is 21.3. The second kappa shape index (κ2) is 8.18. The van der Waals surface area contributed by atoms with E-state index in [1.165, 1.54) is 12.1 Å². The molecule has 0 amide bonds. The molecule has 1 aliphatic heterocycles. The summed E-state index contributed by atoms with van der Waals surface area (Å²) in [7, 11) is 0. The highest BCUT2D eigenvalue weighted by atomic mass is 35.5. The lowest BCUT2D eigenvalue weighted by molar-refractivity contribution is -0.384. The zero-order valence-corrected chi connectivity index (χ0v) is 16.8. The minimum atomic E-state index is -0.457. The van der Waals surface area contributed by atoms with Gasteiger partial charge in [-0.15, -0.1) is 0 Å². The van der Waals surface area contributed by atoms with Crippen LogP contribution in [0.4, 0.5) is 5.69 Å². The molecule has 0 aliphatic carbocycles. The quantitative estimate of drug-likeness (QED) is 0.271. The molecule has 150 valence electrons. The molecular formula is C22H13Cl2NO5. The highest BCUT2D eigenvalue weighted by molar-refractivity contribution is 6.43. The van der Waals surface area contributed by atoms with Crippen LogP contribution in [-0.2, 0) is 6.61 Å². The monoisotopic (exact) mass is 441 g/mol. The maximum atomic E-state index is 12.6. The second-order valence-electron chi connectivity index (χ2n) is 6.45. The number of benzene rings is 3. The standard InChI is InChI=1S/C22H13Cl2NO5/c23-18-3-1-2-14(21(18)24)10-20-22(26)17-9-8-16(11-19(17)30-20)29-12-13-4-6-15(7-5-13)25(27)28/h1-11H,12H2. The van der Waals surface area contributed by atoms with Gasteiger partial charge in [-0.05, 0) is 47.5 Å². The molecule has 3 aromatic rings. The Hall–Kier alpha value is -3.35. The summed E-state index contributed by atoms with van der Waals surface area (Å²) in [4.78, 5) is 22.9. The van der Waals surface area contributed by atoms with Crippen molar-refractivity contribution in [2.45, 2.75) is 6.61 Å². The van der Waals surface area contributed by atoms with Gasteiger partial charge in [-0.2, -0.15) is 0 Å². The van der Waals surface area contributed by atoms with E-state index < -0.39 is 4.92 Å². The Morgan fingerprint density at radius 1 is 1.07 bits per heavy atom. The molecule has 1 aliphatic rings. The van der Waals surface area contributed by atoms with E-state index in [-0.39, 0.29) is 23.8 Å². The molecule has 0 fully saturated rings. The number of hydrogen-bond acceptors (Lipinski definition) is 5. The van der Waals surface area contributed by atoms with Crippen molar-refractivity contribution in [1.82, 2.24) is 0 Å². The summed E-state index contributed by atoms with van der Waals surface area (Å²) >= 11 is 12.2. The number of ketones is 1. The van der Waals surface area contributed by atoms with Crippen LogP contribution < -0.4 is 9.47 Å². The van der Waals surface area contributed by atoms with Crippen LogP contribution in [0.25, 0.3) is 6.08 Å². The van der Waals surface area contributed by atoms with E-state index in [1.807, 2.05) is 0 Å². The van der Waals surface area contributed by atoms with Crippen LogP contribution in [0, 0.1) is 10.1 Å². The third-order valence-electron chi connectivity index (χ3n) is 4.46. The highest BCUT2D eigenvalue weighted by Gasteiger charge is 2.28. The summed E-state index contributed by atoms with van der Waals surface area (Å²) in [6.45, 7) is 0.214. The van der Waals surface area contributed by atoms with Crippen LogP contribution in [0.3, 0.4) is 0 Å². The number of carbonyl (C=O) groups is 1. The summed E-state index contributed by atoms with van der Waals surface area (Å²) in [6.07, 6.45) is 1.55. The number of non-ortho nitro benzene ring substituents is 1. The molecule has 8 heteroatoms. The number of ether oxygens (including phenoxy) is 2. The average molecular weight is 442 g/mol. The van der Waals surface area contributed by atoms with Gasteiger partial charge in [-0.1, -0.05) is 35.3 Å². The number of carbonyl (C=O) groups excluding carboxylic acids is 1. The molecule has 0 spiro atoms. The number of nitro groups is 1. The zero-order valence-electron chi connectivity index (χ0n) is 15.3. The average Bonchev–Trinajstić information content (AvgIpc) is 3.05. The molecule has 0 N–H and O–H groups in total. The van der Waals surface area contributed by atoms with Crippen LogP contribution in [0.5, 0.6) is 11.5 Å². The van der Waals surface area contributed by atoms with Crippen molar-refractivity contribution in [1.29, 1.82) is 0 Å². The van der Waals surface area contributed by atoms with Gasteiger partial charge >= 0.3 is 0 Å². The third kappa shape index (κ3) is 4.01. The van der Waals surface area contributed by atoms with Gasteiger partial charge in [-0.25, -0.2) is 0 Å². The van der Waals surface area contributed by atoms with Gasteiger partial charge in [0, 0.05) is 18.2 Å². The van der Waals surface area contributed by atoms with Gasteiger partial charge in [0.05, 0.1) is 20.5 Å². The van der Waals surface area contributed by atoms with Gasteiger partial charge in [-0.3, -0.25) is 14.9 Å². The van der Waals surface area contributed by atoms with Gasteiger partial charge < -0.3 is 9.47 Å². The lowest BCUT2D eigenvalue weighted by atomic mass is 10.1. The maximum Gasteiger partial charge on any atom is 0.269 e. The molecule has 0 atom stereocenters. The molecule has 3 aromatic carbocycles. The van der Waals surface area contributed by atoms with E-state index in [0.717, 1.165) is 5.56 Å². The van der Waals surface area contributed by atoms with Crippen molar-refractivity contribution in [3.63, 3.8) is 0 Å². The Kier molecular flexibility index (Phi) is 5.44. The molecule has 0 radical (unpaired) electrons. The van der Waals surface area contributed by atoms with E-state index >= 15 is 0 Å². The van der Waals surface area contributed by atoms with E-state index in [1.54, 1.807) is 54.6 Å². The number of nitro benzene ring substituents is 1. The number of Topliss-reactive ketones (excluding diaryl/α,β-unsaturated/α-hetero) is 1. The number of fused-ring (bicyclic) bond motifs is 1. The smallest absolute Gasteiger partial charge is 0.269 e. The summed E-state index contributed by atoms with van der Waals surface area (Å²) in [6, 6.07) is 16.1. The topological polar surface area (TPSA) is 78.7 Å². The second-order valence-corrected chi connectivity index (χ2v) is 7.24. The summed E-state index contributed by atoms with van der Waals surface area (Å²) in [5.74, 6) is 0.761. The predicted molar refractivity (Wildman–Crippen MR) is 113 cm³/mol. The summed E-state index contributed by atoms with van der Waals surface area (Å²) < 4.78 is 11.4. The summed E-state index contributed by atoms with van der Waals surface area (Å²) in [5, 5.41) is 11.4. The van der Waals surface area contributed by atoms with E-state index in [2.05, 4.69) is 0 Å². The number of rotatable bonds is 5. The van der Waals surface area contributed by atoms with Gasteiger partial charge in [0.1, 0.15) is 18.1 Å². The minimum Gasteiger partial charge on any atom is -0.489 e. The van der Waals surface area contributed by atoms with E-state index in [9.17, 15) is 14.9 Å². The van der Waals surface area contributed by atoms with Crippen molar-refractivity contribution < 1.29 is 19.2 Å². The lowest BCUT2D eigenvalue weighted by Gasteiger charge is -2.07. The number of hydrogen-bond donors (Lipinski definition) is 0. The molecular weight excluding hydrogens is 429 g/mol.